The molecule has 0 aliphatic heterocycles. The molecule has 2 heterocycles. The van der Waals surface area contributed by atoms with E-state index < -0.39 is 41.3 Å². The zero-order valence-corrected chi connectivity index (χ0v) is 13.9. The van der Waals surface area contributed by atoms with E-state index in [4.69, 9.17) is 5.48 Å². The maximum atomic E-state index is 13.7. The van der Waals surface area contributed by atoms with Crippen LogP contribution in [0.15, 0.2) is 67.2 Å². The van der Waals surface area contributed by atoms with Crippen molar-refractivity contribution in [2.24, 2.45) is 7.05 Å². The van der Waals surface area contributed by atoms with Gasteiger partial charge in [-0.05, 0) is 41.7 Å². The molecule has 0 aliphatic rings. The predicted octanol–water partition coefficient (Wildman–Crippen LogP) is 4.20. The lowest BCUT2D eigenvalue weighted by Gasteiger charge is -2.06. The van der Waals surface area contributed by atoms with Gasteiger partial charge in [0, 0.05) is 35.5 Å². The number of ketones is 1. The van der Waals surface area contributed by atoms with Crippen molar-refractivity contribution in [3.05, 3.63) is 84.2 Å². The van der Waals surface area contributed by atoms with E-state index in [2.05, 4.69) is 9.97 Å². The maximum Gasteiger partial charge on any atom is 0.168 e. The van der Waals surface area contributed by atoms with Crippen LogP contribution in [-0.2, 0) is 13.5 Å². The number of rotatable bonds is 4. The van der Waals surface area contributed by atoms with Crippen LogP contribution in [0.25, 0.3) is 22.0 Å². The molecular weight excluding hydrogens is 329 g/mol. The Hall–Kier alpha value is -3.34. The normalized spacial score (nSPS) is 13.2. The molecule has 0 radical (unpaired) electrons. The third-order valence-corrected chi connectivity index (χ3v) is 4.11. The molecule has 128 valence electrons. The Balaban J connectivity index is 1.71. The Labute approximate surface area is 155 Å². The van der Waals surface area contributed by atoms with Gasteiger partial charge < -0.3 is 4.57 Å². The van der Waals surface area contributed by atoms with Crippen LogP contribution < -0.4 is 0 Å². The average molecular weight is 349 g/mol. The van der Waals surface area contributed by atoms with Gasteiger partial charge in [-0.25, -0.2) is 9.37 Å². The number of benzene rings is 2. The monoisotopic (exact) mass is 349 g/mol. The molecule has 2 aromatic heterocycles. The number of imidazole rings is 1. The third kappa shape index (κ3) is 3.11. The average Bonchev–Trinajstić information content (AvgIpc) is 3.16. The van der Waals surface area contributed by atoms with Gasteiger partial charge in [-0.3, -0.25) is 9.78 Å². The number of nitrogens with zero attached hydrogens (tertiary/aromatic N) is 3. The predicted molar refractivity (Wildman–Crippen MR) is 98.4 cm³/mol. The van der Waals surface area contributed by atoms with Gasteiger partial charge in [-0.15, -0.1) is 0 Å². The SMILES string of the molecule is [2H]c1c([2H])c(C(=O)Cc2cc3cc(-c4cncn4C)ccc3cn2)c([2H])c([2H])c1F. The van der Waals surface area contributed by atoms with Crippen LogP contribution in [0.3, 0.4) is 0 Å². The van der Waals surface area contributed by atoms with Crippen LogP contribution in [0.4, 0.5) is 4.39 Å². The smallest absolute Gasteiger partial charge is 0.168 e. The number of fused-ring (bicyclic) bond motifs is 1. The van der Waals surface area contributed by atoms with Crippen LogP contribution in [0.1, 0.15) is 21.5 Å². The molecule has 0 unspecified atom stereocenters. The first kappa shape index (κ1) is 12.1. The van der Waals surface area contributed by atoms with Crippen LogP contribution in [-0.4, -0.2) is 20.3 Å². The second-order valence-corrected chi connectivity index (χ2v) is 5.92. The van der Waals surface area contributed by atoms with Gasteiger partial charge in [-0.1, -0.05) is 12.1 Å². The van der Waals surface area contributed by atoms with E-state index in [1.165, 1.54) is 0 Å². The summed E-state index contributed by atoms with van der Waals surface area (Å²) < 4.78 is 46.5. The fraction of sp³-hybridized carbons (Fsp3) is 0.0952. The van der Waals surface area contributed by atoms with Crippen molar-refractivity contribution in [1.29, 1.82) is 0 Å². The van der Waals surface area contributed by atoms with Crippen molar-refractivity contribution in [2.75, 3.05) is 0 Å². The van der Waals surface area contributed by atoms with Crippen LogP contribution >= 0.6 is 0 Å². The largest absolute Gasteiger partial charge is 0.334 e. The summed E-state index contributed by atoms with van der Waals surface area (Å²) in [5.41, 5.74) is 1.86. The number of carbonyl (C=O) groups is 1. The van der Waals surface area contributed by atoms with E-state index in [0.717, 1.165) is 22.0 Å². The standard InChI is InChI=1S/C21H16FN3O/c1-25-13-23-12-20(25)15-2-3-16-11-24-19(9-17(16)8-15)10-21(26)14-4-6-18(22)7-5-14/h2-9,11-13H,10H2,1H3/i4D,5D,6D,7D. The molecule has 4 rings (SSSR count). The summed E-state index contributed by atoms with van der Waals surface area (Å²) in [7, 11) is 1.89. The number of hydrogen-bond acceptors (Lipinski definition) is 3. The lowest BCUT2D eigenvalue weighted by molar-refractivity contribution is 0.0992. The van der Waals surface area contributed by atoms with Crippen molar-refractivity contribution in [1.82, 2.24) is 14.5 Å². The molecule has 0 saturated heterocycles. The molecule has 4 aromatic rings. The summed E-state index contributed by atoms with van der Waals surface area (Å²) >= 11 is 0. The summed E-state index contributed by atoms with van der Waals surface area (Å²) in [4.78, 5) is 21.1. The van der Waals surface area contributed by atoms with E-state index in [1.54, 1.807) is 24.8 Å². The van der Waals surface area contributed by atoms with Gasteiger partial charge in [0.1, 0.15) is 5.82 Å². The van der Waals surface area contributed by atoms with Crippen LogP contribution in [0.2, 0.25) is 0 Å². The molecule has 0 amide bonds. The highest BCUT2D eigenvalue weighted by molar-refractivity contribution is 5.97. The topological polar surface area (TPSA) is 47.8 Å². The van der Waals surface area contributed by atoms with Crippen molar-refractivity contribution in [3.8, 4) is 11.3 Å². The Morgan fingerprint density at radius 1 is 1.15 bits per heavy atom. The number of Topliss-reactive ketones (excluding diaryl/α,β-unsaturated/α-hetero) is 1. The van der Waals surface area contributed by atoms with Gasteiger partial charge in [0.05, 0.1) is 30.1 Å². The number of halogens is 1. The zero-order chi connectivity index (χ0) is 21.6. The van der Waals surface area contributed by atoms with E-state index in [-0.39, 0.29) is 6.42 Å². The first-order chi connectivity index (χ1) is 14.3. The molecule has 0 aliphatic carbocycles. The lowest BCUT2D eigenvalue weighted by Crippen LogP contribution is -2.05. The first-order valence-corrected chi connectivity index (χ1v) is 7.92. The van der Waals surface area contributed by atoms with Crippen molar-refractivity contribution < 1.29 is 14.7 Å². The Morgan fingerprint density at radius 3 is 2.69 bits per heavy atom. The minimum absolute atomic E-state index is 0.228. The molecule has 5 heteroatoms. The maximum absolute atomic E-state index is 13.7. The number of pyridine rings is 1. The number of hydrogen-bond donors (Lipinski definition) is 0. The molecule has 0 atom stereocenters. The van der Waals surface area contributed by atoms with E-state index in [9.17, 15) is 9.18 Å². The molecule has 0 spiro atoms. The van der Waals surface area contributed by atoms with Gasteiger partial charge in [0.15, 0.2) is 5.78 Å². The molecule has 0 fully saturated rings. The third-order valence-electron chi connectivity index (χ3n) is 4.11. The highest BCUT2D eigenvalue weighted by atomic mass is 19.1. The van der Waals surface area contributed by atoms with Gasteiger partial charge in [-0.2, -0.15) is 0 Å². The van der Waals surface area contributed by atoms with E-state index in [1.807, 2.05) is 29.8 Å². The highest BCUT2D eigenvalue weighted by Gasteiger charge is 2.10. The number of aryl methyl sites for hydroxylation is 1. The summed E-state index contributed by atoms with van der Waals surface area (Å²) in [6, 6.07) is 4.49. The second-order valence-electron chi connectivity index (χ2n) is 5.92. The minimum atomic E-state index is -1.27. The molecule has 0 saturated carbocycles. The molecule has 2 aromatic carbocycles. The number of aromatic nitrogens is 3. The zero-order valence-electron chi connectivity index (χ0n) is 17.9. The summed E-state index contributed by atoms with van der Waals surface area (Å²) in [6.07, 6.45) is 4.86. The Morgan fingerprint density at radius 2 is 1.96 bits per heavy atom. The summed E-state index contributed by atoms with van der Waals surface area (Å²) in [5.74, 6) is -1.92. The Bertz CT molecular complexity index is 1290. The van der Waals surface area contributed by atoms with Crippen LogP contribution in [0, 0.1) is 5.82 Å². The van der Waals surface area contributed by atoms with Gasteiger partial charge in [0.25, 0.3) is 0 Å². The van der Waals surface area contributed by atoms with Crippen LogP contribution in [0.5, 0.6) is 0 Å². The summed E-state index contributed by atoms with van der Waals surface area (Å²) in [6.45, 7) is 0. The van der Waals surface area contributed by atoms with Crippen molar-refractivity contribution in [2.45, 2.75) is 6.42 Å². The highest BCUT2D eigenvalue weighted by Crippen LogP contribution is 2.24. The molecule has 26 heavy (non-hydrogen) atoms. The first-order valence-electron chi connectivity index (χ1n) is 9.92. The molecule has 0 N–H and O–H groups in total. The van der Waals surface area contributed by atoms with Crippen molar-refractivity contribution in [3.63, 3.8) is 0 Å². The fourth-order valence-corrected chi connectivity index (χ4v) is 2.77. The van der Waals surface area contributed by atoms with E-state index >= 15 is 0 Å². The number of carbonyl (C=O) groups excluding carboxylic acids is 1. The lowest BCUT2D eigenvalue weighted by atomic mass is 10.0. The molecule has 4 nitrogen and oxygen atoms in total. The van der Waals surface area contributed by atoms with E-state index in [0.29, 0.717) is 5.69 Å². The van der Waals surface area contributed by atoms with Crippen molar-refractivity contribution >= 4 is 16.6 Å². The summed E-state index contributed by atoms with van der Waals surface area (Å²) in [5, 5.41) is 1.73. The van der Waals surface area contributed by atoms with Gasteiger partial charge in [0.2, 0.25) is 0 Å². The van der Waals surface area contributed by atoms with Gasteiger partial charge >= 0.3 is 0 Å². The Kier molecular flexibility index (Phi) is 3.03. The minimum Gasteiger partial charge on any atom is -0.334 e. The second kappa shape index (κ2) is 6.52. The molecular formula is C21H16FN3O. The fourth-order valence-electron chi connectivity index (χ4n) is 2.77. The molecule has 0 bridgehead atoms. The quantitative estimate of drug-likeness (QED) is 0.519.